The molecule has 3 aromatic rings. The fourth-order valence-corrected chi connectivity index (χ4v) is 4.35. The van der Waals surface area contributed by atoms with E-state index in [2.05, 4.69) is 0 Å². The van der Waals surface area contributed by atoms with Gasteiger partial charge in [-0.3, -0.25) is 4.79 Å². The highest BCUT2D eigenvalue weighted by Gasteiger charge is 2.54. The summed E-state index contributed by atoms with van der Waals surface area (Å²) in [5, 5.41) is 0.661. The van der Waals surface area contributed by atoms with Gasteiger partial charge < -0.3 is 19.1 Å². The van der Waals surface area contributed by atoms with E-state index in [1.54, 1.807) is 12.1 Å². The molecule has 1 amide bonds. The molecule has 0 aliphatic carbocycles. The second-order valence-electron chi connectivity index (χ2n) is 7.73. The molecule has 0 aromatic heterocycles. The van der Waals surface area contributed by atoms with Crippen molar-refractivity contribution >= 4 is 17.5 Å². The number of amides is 1. The minimum Gasteiger partial charge on any atom is -0.491 e. The normalized spacial score (nSPS) is 22.4. The van der Waals surface area contributed by atoms with E-state index in [0.717, 1.165) is 22.8 Å². The van der Waals surface area contributed by atoms with Gasteiger partial charge in [0.15, 0.2) is 5.72 Å². The maximum absolute atomic E-state index is 12.6. The number of fused-ring (bicyclic) bond motifs is 1. The Morgan fingerprint density at radius 2 is 1.61 bits per heavy atom. The number of hydrogen-bond donors (Lipinski definition) is 0. The molecule has 0 spiro atoms. The molecule has 0 bridgehead atoms. The van der Waals surface area contributed by atoms with Crippen LogP contribution in [-0.4, -0.2) is 30.1 Å². The van der Waals surface area contributed by atoms with Crippen LogP contribution in [0.2, 0.25) is 5.02 Å². The first-order valence-corrected chi connectivity index (χ1v) is 10.7. The SMILES string of the molecule is O=C1CC[C@]2(c3ccc(Oc4ccccc4)cc3)O[C@H](COc3ccc(Cl)cc3)CN12. The van der Waals surface area contributed by atoms with Crippen molar-refractivity contribution in [3.8, 4) is 17.2 Å². The molecule has 158 valence electrons. The molecule has 0 N–H and O–H groups in total. The Labute approximate surface area is 186 Å². The summed E-state index contributed by atoms with van der Waals surface area (Å²) in [6, 6.07) is 24.7. The predicted molar refractivity (Wildman–Crippen MR) is 117 cm³/mol. The molecule has 2 saturated heterocycles. The number of carbonyl (C=O) groups is 1. The molecular formula is C25H22ClNO4. The van der Waals surface area contributed by atoms with Crippen LogP contribution in [0.4, 0.5) is 0 Å². The number of benzene rings is 3. The van der Waals surface area contributed by atoms with Gasteiger partial charge in [0.1, 0.15) is 30.0 Å². The zero-order valence-electron chi connectivity index (χ0n) is 16.9. The van der Waals surface area contributed by atoms with Crippen LogP contribution in [-0.2, 0) is 15.3 Å². The maximum atomic E-state index is 12.6. The van der Waals surface area contributed by atoms with Crippen LogP contribution in [0.25, 0.3) is 0 Å². The number of halogens is 1. The number of ether oxygens (including phenoxy) is 3. The molecule has 6 heteroatoms. The van der Waals surface area contributed by atoms with Gasteiger partial charge in [-0.1, -0.05) is 41.9 Å². The van der Waals surface area contributed by atoms with Crippen molar-refractivity contribution in [2.24, 2.45) is 0 Å². The Morgan fingerprint density at radius 1 is 0.935 bits per heavy atom. The zero-order valence-corrected chi connectivity index (χ0v) is 17.6. The molecule has 2 aliphatic heterocycles. The monoisotopic (exact) mass is 435 g/mol. The van der Waals surface area contributed by atoms with E-state index in [-0.39, 0.29) is 12.0 Å². The summed E-state index contributed by atoms with van der Waals surface area (Å²) >= 11 is 5.93. The molecule has 2 fully saturated rings. The van der Waals surface area contributed by atoms with Crippen LogP contribution >= 0.6 is 11.6 Å². The average Bonchev–Trinajstić information content (AvgIpc) is 3.32. The third-order valence-electron chi connectivity index (χ3n) is 5.70. The Kier molecular flexibility index (Phi) is 5.30. The van der Waals surface area contributed by atoms with Gasteiger partial charge >= 0.3 is 0 Å². The van der Waals surface area contributed by atoms with Crippen molar-refractivity contribution in [3.63, 3.8) is 0 Å². The summed E-state index contributed by atoms with van der Waals surface area (Å²) in [5.41, 5.74) is 0.212. The quantitative estimate of drug-likeness (QED) is 0.521. The van der Waals surface area contributed by atoms with Gasteiger partial charge in [0.2, 0.25) is 5.91 Å². The summed E-state index contributed by atoms with van der Waals surface area (Å²) in [6.07, 6.45) is 0.898. The van der Waals surface area contributed by atoms with E-state index >= 15 is 0 Å². The molecule has 5 rings (SSSR count). The topological polar surface area (TPSA) is 48.0 Å². The minimum absolute atomic E-state index is 0.110. The van der Waals surface area contributed by atoms with Crippen molar-refractivity contribution < 1.29 is 19.0 Å². The van der Waals surface area contributed by atoms with E-state index in [4.69, 9.17) is 25.8 Å². The van der Waals surface area contributed by atoms with Gasteiger partial charge in [-0.05, 0) is 48.5 Å². The maximum Gasteiger partial charge on any atom is 0.225 e. The molecular weight excluding hydrogens is 414 g/mol. The highest BCUT2D eigenvalue weighted by molar-refractivity contribution is 6.30. The molecule has 2 aliphatic rings. The van der Waals surface area contributed by atoms with Crippen LogP contribution in [0.3, 0.4) is 0 Å². The summed E-state index contributed by atoms with van der Waals surface area (Å²) in [5.74, 6) is 2.35. The van der Waals surface area contributed by atoms with Gasteiger partial charge in [-0.25, -0.2) is 0 Å². The Balaban J connectivity index is 1.31. The molecule has 31 heavy (non-hydrogen) atoms. The Bertz CT molecular complexity index is 1060. The van der Waals surface area contributed by atoms with Crippen LogP contribution in [0.5, 0.6) is 17.2 Å². The first-order chi connectivity index (χ1) is 15.1. The fraction of sp³-hybridized carbons (Fsp3) is 0.240. The smallest absolute Gasteiger partial charge is 0.225 e. The zero-order chi connectivity index (χ0) is 21.3. The molecule has 2 heterocycles. The molecule has 3 aromatic carbocycles. The third-order valence-corrected chi connectivity index (χ3v) is 5.95. The van der Waals surface area contributed by atoms with Gasteiger partial charge in [-0.15, -0.1) is 0 Å². The van der Waals surface area contributed by atoms with Crippen LogP contribution < -0.4 is 9.47 Å². The van der Waals surface area contributed by atoms with E-state index in [1.165, 1.54) is 0 Å². The van der Waals surface area contributed by atoms with Crippen molar-refractivity contribution in [1.82, 2.24) is 4.90 Å². The van der Waals surface area contributed by atoms with Gasteiger partial charge in [0, 0.05) is 23.4 Å². The first-order valence-electron chi connectivity index (χ1n) is 10.3. The van der Waals surface area contributed by atoms with Crippen molar-refractivity contribution in [2.45, 2.75) is 24.7 Å². The molecule has 5 nitrogen and oxygen atoms in total. The molecule has 0 radical (unpaired) electrons. The van der Waals surface area contributed by atoms with E-state index in [0.29, 0.717) is 31.0 Å². The number of para-hydroxylation sites is 1. The van der Waals surface area contributed by atoms with Gasteiger partial charge in [0.05, 0.1) is 6.54 Å². The highest BCUT2D eigenvalue weighted by Crippen LogP contribution is 2.46. The van der Waals surface area contributed by atoms with Gasteiger partial charge in [0.25, 0.3) is 0 Å². The van der Waals surface area contributed by atoms with E-state index < -0.39 is 5.72 Å². The summed E-state index contributed by atoms with van der Waals surface area (Å²) < 4.78 is 18.2. The lowest BCUT2D eigenvalue weighted by Gasteiger charge is -2.31. The fourth-order valence-electron chi connectivity index (χ4n) is 4.22. The Hall–Kier alpha value is -3.02. The molecule has 0 saturated carbocycles. The van der Waals surface area contributed by atoms with Crippen LogP contribution in [0, 0.1) is 0 Å². The first kappa shape index (κ1) is 19.9. The highest BCUT2D eigenvalue weighted by atomic mass is 35.5. The predicted octanol–water partition coefficient (Wildman–Crippen LogP) is 5.39. The van der Waals surface area contributed by atoms with Gasteiger partial charge in [-0.2, -0.15) is 0 Å². The average molecular weight is 436 g/mol. The lowest BCUT2D eigenvalue weighted by atomic mass is 10.0. The number of rotatable bonds is 6. The third kappa shape index (κ3) is 3.99. The summed E-state index contributed by atoms with van der Waals surface area (Å²) in [4.78, 5) is 14.4. The number of hydrogen-bond acceptors (Lipinski definition) is 4. The van der Waals surface area contributed by atoms with E-state index in [9.17, 15) is 4.79 Å². The van der Waals surface area contributed by atoms with Crippen molar-refractivity contribution in [2.75, 3.05) is 13.2 Å². The Morgan fingerprint density at radius 3 is 2.35 bits per heavy atom. The summed E-state index contributed by atoms with van der Waals surface area (Å²) in [7, 11) is 0. The largest absolute Gasteiger partial charge is 0.491 e. The lowest BCUT2D eigenvalue weighted by Crippen LogP contribution is -2.38. The summed E-state index contributed by atoms with van der Waals surface area (Å²) in [6.45, 7) is 0.872. The molecule has 0 unspecified atom stereocenters. The number of nitrogens with zero attached hydrogens (tertiary/aromatic N) is 1. The van der Waals surface area contributed by atoms with Crippen molar-refractivity contribution in [1.29, 1.82) is 0 Å². The lowest BCUT2D eigenvalue weighted by molar-refractivity contribution is -0.140. The standard InChI is InChI=1S/C25H22ClNO4/c26-19-8-12-20(13-9-19)29-17-23-16-27-24(28)14-15-25(27,31-23)18-6-10-22(11-7-18)30-21-4-2-1-3-5-21/h1-13,23H,14-17H2/t23-,25+/m0/s1. The number of carbonyl (C=O) groups excluding carboxylic acids is 1. The minimum atomic E-state index is -0.740. The van der Waals surface area contributed by atoms with Crippen LogP contribution in [0.1, 0.15) is 18.4 Å². The van der Waals surface area contributed by atoms with E-state index in [1.807, 2.05) is 71.6 Å². The van der Waals surface area contributed by atoms with Crippen molar-refractivity contribution in [3.05, 3.63) is 89.4 Å². The van der Waals surface area contributed by atoms with Crippen LogP contribution in [0.15, 0.2) is 78.9 Å². The second-order valence-corrected chi connectivity index (χ2v) is 8.17. The second kappa shape index (κ2) is 8.25. The molecule has 2 atom stereocenters.